The van der Waals surface area contributed by atoms with Crippen LogP contribution >= 0.6 is 0 Å². The lowest BCUT2D eigenvalue weighted by molar-refractivity contribution is 0.0704. The SMILES string of the molecule is O=C(c1cnc(-c2cccnc2)nc1)N1CCCC(c2ncc[nH]2)C1. The number of H-pyrrole nitrogens is 1. The first-order chi connectivity index (χ1) is 12.3. The van der Waals surface area contributed by atoms with Crippen LogP contribution in [0.2, 0.25) is 0 Å². The van der Waals surface area contributed by atoms with Crippen molar-refractivity contribution < 1.29 is 4.79 Å². The van der Waals surface area contributed by atoms with Crippen LogP contribution in [0.15, 0.2) is 49.3 Å². The molecular formula is C18H18N6O. The Morgan fingerprint density at radius 1 is 1.16 bits per heavy atom. The van der Waals surface area contributed by atoms with E-state index in [1.54, 1.807) is 31.0 Å². The Labute approximate surface area is 145 Å². The molecule has 1 aliphatic heterocycles. The fourth-order valence-corrected chi connectivity index (χ4v) is 3.15. The third-order valence-corrected chi connectivity index (χ3v) is 4.43. The van der Waals surface area contributed by atoms with Crippen molar-refractivity contribution in [1.82, 2.24) is 29.8 Å². The van der Waals surface area contributed by atoms with Gasteiger partial charge in [-0.15, -0.1) is 0 Å². The lowest BCUT2D eigenvalue weighted by atomic mass is 9.97. The van der Waals surface area contributed by atoms with E-state index in [1.165, 1.54) is 0 Å². The summed E-state index contributed by atoms with van der Waals surface area (Å²) in [4.78, 5) is 34.8. The molecule has 7 nitrogen and oxygen atoms in total. The fraction of sp³-hybridized carbons (Fsp3) is 0.278. The van der Waals surface area contributed by atoms with Crippen LogP contribution in [0.1, 0.15) is 34.9 Å². The van der Waals surface area contributed by atoms with Crippen LogP contribution in [0.4, 0.5) is 0 Å². The summed E-state index contributed by atoms with van der Waals surface area (Å²) in [5.74, 6) is 1.73. The molecule has 4 rings (SSSR count). The number of aromatic nitrogens is 5. The molecule has 0 aromatic carbocycles. The molecule has 1 unspecified atom stereocenters. The third-order valence-electron chi connectivity index (χ3n) is 4.43. The van der Waals surface area contributed by atoms with E-state index in [9.17, 15) is 4.79 Å². The first-order valence-electron chi connectivity index (χ1n) is 8.32. The van der Waals surface area contributed by atoms with Gasteiger partial charge in [0, 0.05) is 61.8 Å². The summed E-state index contributed by atoms with van der Waals surface area (Å²) in [6.07, 6.45) is 12.2. The van der Waals surface area contributed by atoms with E-state index >= 15 is 0 Å². The van der Waals surface area contributed by atoms with Crippen molar-refractivity contribution in [2.24, 2.45) is 0 Å². The number of hydrogen-bond acceptors (Lipinski definition) is 5. The minimum absolute atomic E-state index is 0.0333. The number of hydrogen-bond donors (Lipinski definition) is 1. The minimum atomic E-state index is -0.0333. The normalized spacial score (nSPS) is 17.4. The second-order valence-corrected chi connectivity index (χ2v) is 6.10. The molecule has 0 saturated carbocycles. The highest BCUT2D eigenvalue weighted by Gasteiger charge is 2.27. The third kappa shape index (κ3) is 3.26. The van der Waals surface area contributed by atoms with Gasteiger partial charge in [-0.05, 0) is 25.0 Å². The summed E-state index contributed by atoms with van der Waals surface area (Å²) in [5, 5.41) is 0. The van der Waals surface area contributed by atoms with Gasteiger partial charge in [0.05, 0.1) is 5.56 Å². The summed E-state index contributed by atoms with van der Waals surface area (Å²) in [5.41, 5.74) is 1.34. The van der Waals surface area contributed by atoms with Crippen molar-refractivity contribution >= 4 is 5.91 Å². The van der Waals surface area contributed by atoms with Gasteiger partial charge in [-0.1, -0.05) is 0 Å². The molecule has 0 radical (unpaired) electrons. The maximum Gasteiger partial charge on any atom is 0.257 e. The molecule has 1 fully saturated rings. The second-order valence-electron chi connectivity index (χ2n) is 6.10. The number of likely N-dealkylation sites (tertiary alicyclic amines) is 1. The van der Waals surface area contributed by atoms with Crippen molar-refractivity contribution in [3.8, 4) is 11.4 Å². The Balaban J connectivity index is 1.49. The number of imidazole rings is 1. The molecule has 1 saturated heterocycles. The van der Waals surface area contributed by atoms with Crippen LogP contribution in [-0.4, -0.2) is 48.8 Å². The fourth-order valence-electron chi connectivity index (χ4n) is 3.15. The molecular weight excluding hydrogens is 316 g/mol. The Hall–Kier alpha value is -3.09. The highest BCUT2D eigenvalue weighted by molar-refractivity contribution is 5.93. The first-order valence-corrected chi connectivity index (χ1v) is 8.32. The zero-order chi connectivity index (χ0) is 17.1. The van der Waals surface area contributed by atoms with Crippen LogP contribution in [0, 0.1) is 0 Å². The van der Waals surface area contributed by atoms with Gasteiger partial charge < -0.3 is 9.88 Å². The molecule has 0 spiro atoms. The standard InChI is InChI=1S/C18H18N6O/c25-18(24-8-2-4-14(12-24)17-20-6-7-21-17)15-10-22-16(23-11-15)13-3-1-5-19-9-13/h1,3,5-7,9-11,14H,2,4,8,12H2,(H,20,21). The van der Waals surface area contributed by atoms with Gasteiger partial charge in [0.15, 0.2) is 5.82 Å². The van der Waals surface area contributed by atoms with E-state index in [2.05, 4.69) is 24.9 Å². The zero-order valence-electron chi connectivity index (χ0n) is 13.7. The van der Waals surface area contributed by atoms with E-state index in [4.69, 9.17) is 0 Å². The quantitative estimate of drug-likeness (QED) is 0.794. The Bertz CT molecular complexity index is 832. The van der Waals surface area contributed by atoms with Crippen molar-refractivity contribution in [2.45, 2.75) is 18.8 Å². The summed E-state index contributed by atoms with van der Waals surface area (Å²) in [7, 11) is 0. The number of nitrogens with zero attached hydrogens (tertiary/aromatic N) is 5. The van der Waals surface area contributed by atoms with Crippen molar-refractivity contribution in [3.05, 3.63) is 60.7 Å². The number of pyridine rings is 1. The zero-order valence-corrected chi connectivity index (χ0v) is 13.7. The largest absolute Gasteiger partial charge is 0.348 e. The van der Waals surface area contributed by atoms with Crippen molar-refractivity contribution in [2.75, 3.05) is 13.1 Å². The number of carbonyl (C=O) groups excluding carboxylic acids is 1. The molecule has 0 aliphatic carbocycles. The maximum atomic E-state index is 12.8. The molecule has 7 heteroatoms. The summed E-state index contributed by atoms with van der Waals surface area (Å²) < 4.78 is 0. The summed E-state index contributed by atoms with van der Waals surface area (Å²) >= 11 is 0. The Morgan fingerprint density at radius 2 is 2.04 bits per heavy atom. The smallest absolute Gasteiger partial charge is 0.257 e. The van der Waals surface area contributed by atoms with Gasteiger partial charge >= 0.3 is 0 Å². The second kappa shape index (κ2) is 6.80. The van der Waals surface area contributed by atoms with Gasteiger partial charge in [0.2, 0.25) is 0 Å². The van der Waals surface area contributed by atoms with E-state index in [0.29, 0.717) is 17.9 Å². The molecule has 1 atom stereocenters. The molecule has 4 heterocycles. The van der Waals surface area contributed by atoms with E-state index in [1.807, 2.05) is 23.2 Å². The van der Waals surface area contributed by atoms with Crippen molar-refractivity contribution in [1.29, 1.82) is 0 Å². The van der Waals surface area contributed by atoms with Gasteiger partial charge in [-0.3, -0.25) is 9.78 Å². The summed E-state index contributed by atoms with van der Waals surface area (Å²) in [6, 6.07) is 3.72. The lowest BCUT2D eigenvalue weighted by Gasteiger charge is -2.31. The predicted octanol–water partition coefficient (Wildman–Crippen LogP) is 2.28. The first kappa shape index (κ1) is 15.4. The monoisotopic (exact) mass is 334 g/mol. The molecule has 25 heavy (non-hydrogen) atoms. The van der Waals surface area contributed by atoms with Gasteiger partial charge in [0.1, 0.15) is 5.82 Å². The molecule has 1 amide bonds. The molecule has 3 aromatic rings. The van der Waals surface area contributed by atoms with Gasteiger partial charge in [-0.25, -0.2) is 15.0 Å². The average molecular weight is 334 g/mol. The lowest BCUT2D eigenvalue weighted by Crippen LogP contribution is -2.39. The Morgan fingerprint density at radius 3 is 2.76 bits per heavy atom. The minimum Gasteiger partial charge on any atom is -0.348 e. The number of aromatic amines is 1. The predicted molar refractivity (Wildman–Crippen MR) is 91.7 cm³/mol. The van der Waals surface area contributed by atoms with Crippen LogP contribution in [0.25, 0.3) is 11.4 Å². The molecule has 1 N–H and O–H groups in total. The van der Waals surface area contributed by atoms with Crippen LogP contribution < -0.4 is 0 Å². The highest BCUT2D eigenvalue weighted by atomic mass is 16.2. The number of carbonyl (C=O) groups is 1. The topological polar surface area (TPSA) is 87.7 Å². The van der Waals surface area contributed by atoms with E-state index in [-0.39, 0.29) is 11.8 Å². The Kier molecular flexibility index (Phi) is 4.20. The number of nitrogens with one attached hydrogen (secondary N) is 1. The number of rotatable bonds is 3. The van der Waals surface area contributed by atoms with Gasteiger partial charge in [0.25, 0.3) is 5.91 Å². The van der Waals surface area contributed by atoms with E-state index in [0.717, 1.165) is 30.8 Å². The van der Waals surface area contributed by atoms with Gasteiger partial charge in [-0.2, -0.15) is 0 Å². The average Bonchev–Trinajstić information content (AvgIpc) is 3.23. The number of amides is 1. The molecule has 1 aliphatic rings. The van der Waals surface area contributed by atoms with Crippen LogP contribution in [0.3, 0.4) is 0 Å². The number of piperidine rings is 1. The van der Waals surface area contributed by atoms with E-state index < -0.39 is 0 Å². The van der Waals surface area contributed by atoms with Crippen LogP contribution in [0.5, 0.6) is 0 Å². The molecule has 126 valence electrons. The summed E-state index contributed by atoms with van der Waals surface area (Å²) in [6.45, 7) is 1.41. The van der Waals surface area contributed by atoms with Crippen LogP contribution in [-0.2, 0) is 0 Å². The molecule has 3 aromatic heterocycles. The highest BCUT2D eigenvalue weighted by Crippen LogP contribution is 2.25. The van der Waals surface area contributed by atoms with Crippen molar-refractivity contribution in [3.63, 3.8) is 0 Å². The maximum absolute atomic E-state index is 12.8. The molecule has 0 bridgehead atoms.